The SMILES string of the molecule is N#CC(C#N)=c1c2ccccc2c(=C(C#N)C#N)c2cc(COC(=O)CCC(=O)O)ccc12. The Balaban J connectivity index is 2.36. The first-order chi connectivity index (χ1) is 15.9. The molecule has 0 atom stereocenters. The molecule has 0 aliphatic heterocycles. The van der Waals surface area contributed by atoms with Gasteiger partial charge in [-0.3, -0.25) is 9.59 Å². The number of hydrogen-bond acceptors (Lipinski definition) is 7. The van der Waals surface area contributed by atoms with Gasteiger partial charge < -0.3 is 9.84 Å². The molecule has 0 radical (unpaired) electrons. The highest BCUT2D eigenvalue weighted by Gasteiger charge is 2.14. The lowest BCUT2D eigenvalue weighted by Crippen LogP contribution is -2.19. The molecule has 0 aliphatic carbocycles. The lowest BCUT2D eigenvalue weighted by molar-refractivity contribution is -0.148. The van der Waals surface area contributed by atoms with Crippen LogP contribution in [0.5, 0.6) is 0 Å². The number of carboxylic acid groups (broad SMARTS) is 1. The van der Waals surface area contributed by atoms with E-state index in [0.717, 1.165) is 0 Å². The van der Waals surface area contributed by atoms with Crippen LogP contribution in [-0.4, -0.2) is 17.0 Å². The molecule has 0 fully saturated rings. The number of carboxylic acids is 1. The zero-order chi connectivity index (χ0) is 24.0. The molecule has 3 aromatic rings. The van der Waals surface area contributed by atoms with Gasteiger partial charge >= 0.3 is 11.9 Å². The highest BCUT2D eigenvalue weighted by molar-refractivity contribution is 6.05. The monoisotopic (exact) mass is 434 g/mol. The summed E-state index contributed by atoms with van der Waals surface area (Å²) in [5, 5.41) is 49.7. The number of aliphatic carboxylic acids is 1. The van der Waals surface area contributed by atoms with Crippen LogP contribution < -0.4 is 10.4 Å². The van der Waals surface area contributed by atoms with E-state index in [-0.39, 0.29) is 30.6 Å². The van der Waals surface area contributed by atoms with Crippen molar-refractivity contribution in [3.63, 3.8) is 0 Å². The van der Waals surface area contributed by atoms with Crippen molar-refractivity contribution >= 4 is 44.6 Å². The van der Waals surface area contributed by atoms with Crippen LogP contribution in [-0.2, 0) is 20.9 Å². The molecule has 0 saturated heterocycles. The first kappa shape index (κ1) is 22.5. The Morgan fingerprint density at radius 1 is 0.758 bits per heavy atom. The summed E-state index contributed by atoms with van der Waals surface area (Å²) in [5.41, 5.74) is 0.263. The second-order valence-corrected chi connectivity index (χ2v) is 6.93. The van der Waals surface area contributed by atoms with E-state index in [9.17, 15) is 30.6 Å². The van der Waals surface area contributed by atoms with Crippen molar-refractivity contribution in [2.24, 2.45) is 0 Å². The molecule has 0 amide bonds. The number of nitriles is 4. The average Bonchev–Trinajstić information content (AvgIpc) is 2.83. The minimum atomic E-state index is -1.11. The van der Waals surface area contributed by atoms with Gasteiger partial charge in [-0.1, -0.05) is 36.4 Å². The summed E-state index contributed by atoms with van der Waals surface area (Å²) in [6.07, 6.45) is -0.619. The molecule has 0 aromatic heterocycles. The van der Waals surface area contributed by atoms with E-state index in [2.05, 4.69) is 0 Å². The Morgan fingerprint density at radius 2 is 1.27 bits per heavy atom. The van der Waals surface area contributed by atoms with Crippen LogP contribution in [0.1, 0.15) is 18.4 Å². The Kier molecular flexibility index (Phi) is 6.65. The summed E-state index contributed by atoms with van der Waals surface area (Å²) in [5.74, 6) is -1.79. The molecule has 0 saturated carbocycles. The Bertz CT molecular complexity index is 1580. The highest BCUT2D eigenvalue weighted by atomic mass is 16.5. The zero-order valence-corrected chi connectivity index (χ0v) is 17.1. The van der Waals surface area contributed by atoms with Gasteiger partial charge in [-0.05, 0) is 33.2 Å². The van der Waals surface area contributed by atoms with Crippen molar-refractivity contribution in [1.82, 2.24) is 0 Å². The second kappa shape index (κ2) is 9.75. The predicted molar refractivity (Wildman–Crippen MR) is 117 cm³/mol. The first-order valence-electron chi connectivity index (χ1n) is 9.65. The summed E-state index contributed by atoms with van der Waals surface area (Å²) in [4.78, 5) is 22.4. The number of nitrogens with zero attached hydrogens (tertiary/aromatic N) is 4. The van der Waals surface area contributed by atoms with E-state index in [1.54, 1.807) is 42.5 Å². The summed E-state index contributed by atoms with van der Waals surface area (Å²) in [6.45, 7) is -0.155. The molecule has 33 heavy (non-hydrogen) atoms. The molecular formula is C25H14N4O4. The molecule has 158 valence electrons. The maximum absolute atomic E-state index is 11.8. The van der Waals surface area contributed by atoms with E-state index < -0.39 is 11.9 Å². The first-order valence-corrected chi connectivity index (χ1v) is 9.65. The molecule has 0 bridgehead atoms. The number of ether oxygens (including phenoxy) is 1. The van der Waals surface area contributed by atoms with E-state index >= 15 is 0 Å². The number of carbonyl (C=O) groups is 2. The van der Waals surface area contributed by atoms with Gasteiger partial charge in [0.2, 0.25) is 0 Å². The normalized spacial score (nSPS) is 9.82. The van der Waals surface area contributed by atoms with Gasteiger partial charge in [-0.2, -0.15) is 21.0 Å². The van der Waals surface area contributed by atoms with Crippen molar-refractivity contribution in [1.29, 1.82) is 21.0 Å². The summed E-state index contributed by atoms with van der Waals surface area (Å²) < 4.78 is 5.14. The molecule has 0 unspecified atom stereocenters. The van der Waals surface area contributed by atoms with Crippen molar-refractivity contribution in [2.75, 3.05) is 0 Å². The summed E-state index contributed by atoms with van der Waals surface area (Å²) in [7, 11) is 0. The van der Waals surface area contributed by atoms with Crippen molar-refractivity contribution in [2.45, 2.75) is 19.4 Å². The van der Waals surface area contributed by atoms with Gasteiger partial charge in [0, 0.05) is 10.4 Å². The van der Waals surface area contributed by atoms with E-state index in [1.165, 1.54) is 0 Å². The fraction of sp³-hybridized carbons (Fsp3) is 0.120. The van der Waals surface area contributed by atoms with Gasteiger partial charge in [-0.25, -0.2) is 0 Å². The third-order valence-electron chi connectivity index (χ3n) is 4.98. The smallest absolute Gasteiger partial charge is 0.306 e. The topological polar surface area (TPSA) is 159 Å². The summed E-state index contributed by atoms with van der Waals surface area (Å²) in [6, 6.07) is 19.4. The molecule has 0 spiro atoms. The summed E-state index contributed by atoms with van der Waals surface area (Å²) >= 11 is 0. The molecule has 0 aliphatic rings. The fourth-order valence-corrected chi connectivity index (χ4v) is 3.57. The Hall–Kier alpha value is -5.18. The van der Waals surface area contributed by atoms with Crippen LogP contribution in [0.4, 0.5) is 0 Å². The quantitative estimate of drug-likeness (QED) is 0.473. The largest absolute Gasteiger partial charge is 0.481 e. The molecule has 8 heteroatoms. The number of hydrogen-bond donors (Lipinski definition) is 1. The second-order valence-electron chi connectivity index (χ2n) is 6.93. The van der Waals surface area contributed by atoms with E-state index in [1.807, 2.05) is 24.3 Å². The maximum atomic E-state index is 11.8. The molecular weight excluding hydrogens is 420 g/mol. The average molecular weight is 434 g/mol. The predicted octanol–water partition coefficient (Wildman–Crippen LogP) is 2.30. The van der Waals surface area contributed by atoms with E-state index in [4.69, 9.17) is 9.84 Å². The van der Waals surface area contributed by atoms with Gasteiger partial charge in [0.05, 0.1) is 12.8 Å². The minimum absolute atomic E-state index is 0.119. The van der Waals surface area contributed by atoms with Crippen LogP contribution in [0.3, 0.4) is 0 Å². The zero-order valence-electron chi connectivity index (χ0n) is 17.1. The van der Waals surface area contributed by atoms with Crippen LogP contribution in [0, 0.1) is 45.3 Å². The standard InChI is InChI=1S/C25H14N4O4/c26-10-16(11-27)24-18-3-1-2-4-19(18)25(17(12-28)13-29)21-9-15(5-6-20(21)24)14-33-23(32)8-7-22(30)31/h1-6,9H,7-8,14H2,(H,30,31). The van der Waals surface area contributed by atoms with Gasteiger partial charge in [-0.15, -0.1) is 0 Å². The maximum Gasteiger partial charge on any atom is 0.306 e. The number of benzene rings is 3. The van der Waals surface area contributed by atoms with Gasteiger partial charge in [0.25, 0.3) is 0 Å². The number of carbonyl (C=O) groups excluding carboxylic acids is 1. The number of rotatable bonds is 5. The lowest BCUT2D eigenvalue weighted by Gasteiger charge is -2.10. The number of fused-ring (bicyclic) bond motifs is 2. The van der Waals surface area contributed by atoms with Crippen LogP contribution in [0.15, 0.2) is 42.5 Å². The van der Waals surface area contributed by atoms with Gasteiger partial charge in [0.1, 0.15) is 42.0 Å². The molecule has 1 N–H and O–H groups in total. The van der Waals surface area contributed by atoms with Crippen molar-refractivity contribution in [3.05, 3.63) is 58.5 Å². The minimum Gasteiger partial charge on any atom is -0.481 e. The van der Waals surface area contributed by atoms with E-state index in [0.29, 0.717) is 37.5 Å². The lowest BCUT2D eigenvalue weighted by atomic mass is 9.93. The Morgan fingerprint density at radius 3 is 1.79 bits per heavy atom. The van der Waals surface area contributed by atoms with Crippen LogP contribution in [0.2, 0.25) is 0 Å². The highest BCUT2D eigenvalue weighted by Crippen LogP contribution is 2.18. The third kappa shape index (κ3) is 4.47. The molecule has 8 nitrogen and oxygen atoms in total. The Labute approximate surface area is 187 Å². The molecule has 3 aromatic carbocycles. The van der Waals surface area contributed by atoms with Crippen LogP contribution >= 0.6 is 0 Å². The molecule has 0 heterocycles. The fourth-order valence-electron chi connectivity index (χ4n) is 3.57. The van der Waals surface area contributed by atoms with Crippen molar-refractivity contribution in [3.8, 4) is 24.3 Å². The van der Waals surface area contributed by atoms with Crippen molar-refractivity contribution < 1.29 is 19.4 Å². The van der Waals surface area contributed by atoms with Gasteiger partial charge in [0.15, 0.2) is 0 Å². The van der Waals surface area contributed by atoms with Crippen LogP contribution in [0.25, 0.3) is 32.7 Å². The molecule has 3 rings (SSSR count). The number of esters is 1. The third-order valence-corrected chi connectivity index (χ3v) is 4.98.